The molecule has 5 nitrogen and oxygen atoms in total. The number of aromatic hydroxyl groups is 1. The number of aromatic nitrogens is 1. The van der Waals surface area contributed by atoms with E-state index in [9.17, 15) is 18.1 Å². The van der Waals surface area contributed by atoms with E-state index in [1.807, 2.05) is 26.0 Å². The molecule has 1 aromatic heterocycles. The van der Waals surface area contributed by atoms with Crippen molar-refractivity contribution in [1.29, 1.82) is 0 Å². The molecule has 0 atom stereocenters. The lowest BCUT2D eigenvalue weighted by molar-refractivity contribution is -0.646. The number of para-hydroxylation sites is 1. The molecule has 0 aliphatic rings. The zero-order valence-corrected chi connectivity index (χ0v) is 20.1. The summed E-state index contributed by atoms with van der Waals surface area (Å²) in [4.78, 5) is -0.262. The number of hydrogen-bond acceptors (Lipinski definition) is 4. The summed E-state index contributed by atoms with van der Waals surface area (Å²) < 4.78 is 33.2. The average molecular weight is 482 g/mol. The van der Waals surface area contributed by atoms with Crippen molar-refractivity contribution in [1.82, 2.24) is 0 Å². The van der Waals surface area contributed by atoms with Crippen molar-refractivity contribution in [2.75, 3.05) is 0 Å². The van der Waals surface area contributed by atoms with Crippen LogP contribution < -0.4 is 4.57 Å². The zero-order valence-electron chi connectivity index (χ0n) is 18.5. The average Bonchev–Trinajstić information content (AvgIpc) is 2.77. The van der Waals surface area contributed by atoms with Crippen LogP contribution in [0.15, 0.2) is 77.7 Å². The number of phenolic OH excluding ortho intramolecular Hbond substituents is 1. The lowest BCUT2D eigenvalue weighted by Gasteiger charge is -2.05. The summed E-state index contributed by atoms with van der Waals surface area (Å²) in [6.45, 7) is 3.85. The minimum atomic E-state index is -4.33. The quantitative estimate of drug-likeness (QED) is 0.313. The number of phenols is 1. The van der Waals surface area contributed by atoms with E-state index in [1.54, 1.807) is 0 Å². The first-order valence-electron chi connectivity index (χ1n) is 10.1. The van der Waals surface area contributed by atoms with Gasteiger partial charge in [0, 0.05) is 28.6 Å². The molecule has 4 rings (SSSR count). The van der Waals surface area contributed by atoms with Crippen LogP contribution in [-0.2, 0) is 17.2 Å². The molecular weight excluding hydrogens is 458 g/mol. The number of halogens is 1. The third kappa shape index (κ3) is 6.20. The monoisotopic (exact) mass is 481 g/mol. The Morgan fingerprint density at radius 3 is 2.12 bits per heavy atom. The maximum absolute atomic E-state index is 10.3. The highest BCUT2D eigenvalue weighted by Crippen LogP contribution is 2.24. The number of fused-ring (bicyclic) bond motifs is 1. The van der Waals surface area contributed by atoms with Crippen molar-refractivity contribution in [3.8, 4) is 5.75 Å². The maximum atomic E-state index is 10.3. The van der Waals surface area contributed by atoms with Crippen LogP contribution >= 0.6 is 11.6 Å². The molecule has 170 valence electrons. The Labute approximate surface area is 199 Å². The fourth-order valence-electron chi connectivity index (χ4n) is 3.40. The summed E-state index contributed by atoms with van der Waals surface area (Å²) in [6.07, 6.45) is 4.20. The summed E-state index contributed by atoms with van der Waals surface area (Å²) in [5, 5.41) is 11.5. The molecule has 0 bridgehead atoms. The van der Waals surface area contributed by atoms with E-state index in [0.29, 0.717) is 10.8 Å². The van der Waals surface area contributed by atoms with E-state index >= 15 is 0 Å². The molecule has 0 fully saturated rings. The van der Waals surface area contributed by atoms with E-state index in [4.69, 9.17) is 11.6 Å². The molecule has 0 aliphatic carbocycles. The zero-order chi connectivity index (χ0) is 24.2. The number of pyridine rings is 1. The number of rotatable bonds is 3. The third-order valence-corrected chi connectivity index (χ3v) is 6.28. The smallest absolute Gasteiger partial charge is 0.212 e. The van der Waals surface area contributed by atoms with Crippen LogP contribution in [-0.4, -0.2) is 18.1 Å². The van der Waals surface area contributed by atoms with Crippen molar-refractivity contribution >= 4 is 44.8 Å². The molecule has 3 aromatic carbocycles. The van der Waals surface area contributed by atoms with Gasteiger partial charge in [-0.3, -0.25) is 0 Å². The van der Waals surface area contributed by atoms with Gasteiger partial charge in [0.15, 0.2) is 0 Å². The maximum Gasteiger partial charge on any atom is 0.212 e. The largest absolute Gasteiger partial charge is 0.744 e. The molecule has 0 aliphatic heterocycles. The van der Waals surface area contributed by atoms with Crippen molar-refractivity contribution in [2.24, 2.45) is 7.05 Å². The van der Waals surface area contributed by atoms with Gasteiger partial charge < -0.3 is 9.66 Å². The second-order valence-corrected chi connectivity index (χ2v) is 9.44. The minimum Gasteiger partial charge on any atom is -0.744 e. The standard InChI is InChI=1S/C20H19NO.C6H5ClO3S/c1-14-12-16(13-15(2)20(14)22)8-10-18-11-9-17-6-4-5-7-19(17)21(18)3;7-5-1-3-6(4-2-5)11(8,9)10/h4-13H,1-3H3;1-4H,(H,8,9,10). The number of hydrogen-bond donors (Lipinski definition) is 1. The lowest BCUT2D eigenvalue weighted by Crippen LogP contribution is -2.32. The van der Waals surface area contributed by atoms with Crippen LogP contribution in [0.1, 0.15) is 22.4 Å². The van der Waals surface area contributed by atoms with Crippen LogP contribution in [0.2, 0.25) is 5.02 Å². The predicted molar refractivity (Wildman–Crippen MR) is 131 cm³/mol. The van der Waals surface area contributed by atoms with Gasteiger partial charge in [-0.2, -0.15) is 4.57 Å². The van der Waals surface area contributed by atoms with Crippen LogP contribution in [0.25, 0.3) is 23.1 Å². The SMILES string of the molecule is Cc1cc(C=Cc2ccc3ccccc3[n+]2C)cc(C)c1O.O=S(=O)([O-])c1ccc(Cl)cc1. The fourth-order valence-corrected chi connectivity index (χ4v) is 3.99. The van der Waals surface area contributed by atoms with E-state index < -0.39 is 10.1 Å². The second kappa shape index (κ2) is 10.2. The Balaban J connectivity index is 0.000000235. The molecule has 0 spiro atoms. The van der Waals surface area contributed by atoms with E-state index in [2.05, 4.69) is 60.2 Å². The second-order valence-electron chi connectivity index (χ2n) is 7.62. The highest BCUT2D eigenvalue weighted by molar-refractivity contribution is 7.85. The van der Waals surface area contributed by atoms with Gasteiger partial charge in [-0.05, 0) is 85.1 Å². The van der Waals surface area contributed by atoms with Gasteiger partial charge in [0.05, 0.1) is 4.90 Å². The molecule has 33 heavy (non-hydrogen) atoms. The minimum absolute atomic E-state index is 0.262. The topological polar surface area (TPSA) is 81.3 Å². The number of benzene rings is 3. The van der Waals surface area contributed by atoms with Crippen molar-refractivity contribution < 1.29 is 22.6 Å². The summed E-state index contributed by atoms with van der Waals surface area (Å²) in [5.74, 6) is 0.383. The van der Waals surface area contributed by atoms with Crippen LogP contribution in [0, 0.1) is 13.8 Å². The Kier molecular flexibility index (Phi) is 7.53. The van der Waals surface area contributed by atoms with Crippen molar-refractivity contribution in [3.63, 3.8) is 0 Å². The molecule has 0 saturated carbocycles. The highest BCUT2D eigenvalue weighted by Gasteiger charge is 2.08. The van der Waals surface area contributed by atoms with Gasteiger partial charge >= 0.3 is 0 Å². The molecular formula is C26H24ClNO4S. The number of aryl methyl sites for hydroxylation is 3. The van der Waals surface area contributed by atoms with Crippen LogP contribution in [0.4, 0.5) is 0 Å². The Hall–Kier alpha value is -3.19. The first-order chi connectivity index (χ1) is 15.6. The molecule has 1 N–H and O–H groups in total. The van der Waals surface area contributed by atoms with Gasteiger partial charge in [-0.1, -0.05) is 23.7 Å². The van der Waals surface area contributed by atoms with Gasteiger partial charge in [-0.25, -0.2) is 8.42 Å². The predicted octanol–water partition coefficient (Wildman–Crippen LogP) is 5.40. The summed E-state index contributed by atoms with van der Waals surface area (Å²) in [7, 11) is -2.25. The van der Waals surface area contributed by atoms with Crippen LogP contribution in [0.3, 0.4) is 0 Å². The molecule has 0 amide bonds. The van der Waals surface area contributed by atoms with E-state index in [0.717, 1.165) is 22.4 Å². The van der Waals surface area contributed by atoms with Gasteiger partial charge in [0.2, 0.25) is 11.2 Å². The molecule has 7 heteroatoms. The fraction of sp³-hybridized carbons (Fsp3) is 0.115. The summed E-state index contributed by atoms with van der Waals surface area (Å²) in [5.41, 5.74) is 5.26. The van der Waals surface area contributed by atoms with Gasteiger partial charge in [0.25, 0.3) is 0 Å². The van der Waals surface area contributed by atoms with Crippen molar-refractivity contribution in [2.45, 2.75) is 18.7 Å². The van der Waals surface area contributed by atoms with Crippen molar-refractivity contribution in [3.05, 3.63) is 100 Å². The molecule has 4 aromatic rings. The molecule has 0 radical (unpaired) electrons. The first kappa shape index (κ1) is 24.5. The highest BCUT2D eigenvalue weighted by atomic mass is 35.5. The lowest BCUT2D eigenvalue weighted by atomic mass is 10.0. The number of nitrogens with zero attached hydrogens (tertiary/aromatic N) is 1. The van der Waals surface area contributed by atoms with E-state index in [-0.39, 0.29) is 4.90 Å². The Morgan fingerprint density at radius 2 is 1.52 bits per heavy atom. The molecule has 0 saturated heterocycles. The normalized spacial score (nSPS) is 11.4. The van der Waals surface area contributed by atoms with Gasteiger partial charge in [-0.15, -0.1) is 0 Å². The third-order valence-electron chi connectivity index (χ3n) is 5.18. The summed E-state index contributed by atoms with van der Waals surface area (Å²) >= 11 is 5.46. The van der Waals surface area contributed by atoms with E-state index in [1.165, 1.54) is 35.2 Å². The summed E-state index contributed by atoms with van der Waals surface area (Å²) in [6, 6.07) is 21.7. The molecule has 0 unspecified atom stereocenters. The first-order valence-corrected chi connectivity index (χ1v) is 11.9. The Morgan fingerprint density at radius 1 is 0.909 bits per heavy atom. The molecule has 1 heterocycles. The van der Waals surface area contributed by atoms with Gasteiger partial charge in [0.1, 0.15) is 22.9 Å². The Bertz CT molecular complexity index is 1410. The van der Waals surface area contributed by atoms with Crippen LogP contribution in [0.5, 0.6) is 5.75 Å².